The fourth-order valence-corrected chi connectivity index (χ4v) is 4.94. The maximum atomic E-state index is 2.69. The van der Waals surface area contributed by atoms with Crippen molar-refractivity contribution in [3.8, 4) is 0 Å². The molecule has 0 heterocycles. The van der Waals surface area contributed by atoms with Crippen LogP contribution in [0.4, 0.5) is 5.69 Å². The van der Waals surface area contributed by atoms with Crippen molar-refractivity contribution < 1.29 is 21.5 Å². The first kappa shape index (κ1) is 24.0. The van der Waals surface area contributed by atoms with E-state index >= 15 is 0 Å². The van der Waals surface area contributed by atoms with Gasteiger partial charge in [-0.15, -0.1) is 0 Å². The van der Waals surface area contributed by atoms with Gasteiger partial charge in [-0.3, -0.25) is 0 Å². The molecule has 2 aromatic rings. The highest BCUT2D eigenvalue weighted by atomic mass is 79.9. The Balaban J connectivity index is 0.00000300. The second-order valence-corrected chi connectivity index (χ2v) is 8.49. The SMILES string of the molecule is CCCC[N+](CC)(CC)CCCN(c1ccccc1)C1Cc2ccccc2C1.[Br-]. The third kappa shape index (κ3) is 6.08. The van der Waals surface area contributed by atoms with Crippen LogP contribution in [0.5, 0.6) is 0 Å². The first-order valence-corrected chi connectivity index (χ1v) is 11.4. The molecule has 0 amide bonds. The molecule has 29 heavy (non-hydrogen) atoms. The number of hydrogen-bond acceptors (Lipinski definition) is 1. The minimum Gasteiger partial charge on any atom is -1.00 e. The van der Waals surface area contributed by atoms with Crippen molar-refractivity contribution in [3.05, 3.63) is 65.7 Å². The highest BCUT2D eigenvalue weighted by Crippen LogP contribution is 2.29. The standard InChI is InChI=1S/C26H39N2.BrH/c1-4-7-19-28(5-2,6-3)20-13-18-27(25-16-9-8-10-17-25)26-21-23-14-11-12-15-24(23)22-26;/h8-12,14-17,26H,4-7,13,18-22H2,1-3H3;1H/q+1;/p-1. The summed E-state index contributed by atoms with van der Waals surface area (Å²) >= 11 is 0. The first-order valence-electron chi connectivity index (χ1n) is 11.4. The largest absolute Gasteiger partial charge is 1.00 e. The Morgan fingerprint density at radius 2 is 1.34 bits per heavy atom. The predicted octanol–water partition coefficient (Wildman–Crippen LogP) is 2.71. The van der Waals surface area contributed by atoms with E-state index in [2.05, 4.69) is 80.3 Å². The number of fused-ring (bicyclic) bond motifs is 1. The average Bonchev–Trinajstić information content (AvgIpc) is 3.18. The number of para-hydroxylation sites is 1. The highest BCUT2D eigenvalue weighted by molar-refractivity contribution is 5.49. The third-order valence-corrected chi connectivity index (χ3v) is 6.92. The molecule has 2 aromatic carbocycles. The van der Waals surface area contributed by atoms with Crippen LogP contribution in [0.3, 0.4) is 0 Å². The molecule has 0 saturated heterocycles. The first-order chi connectivity index (χ1) is 13.7. The van der Waals surface area contributed by atoms with E-state index in [0.29, 0.717) is 6.04 Å². The maximum absolute atomic E-state index is 2.69. The number of unbranched alkanes of at least 4 members (excludes halogenated alkanes) is 1. The zero-order valence-corrected chi connectivity index (χ0v) is 20.2. The molecule has 0 radical (unpaired) electrons. The maximum Gasteiger partial charge on any atom is 0.0803 e. The van der Waals surface area contributed by atoms with Gasteiger partial charge in [-0.1, -0.05) is 55.8 Å². The minimum absolute atomic E-state index is 0. The molecule has 0 N–H and O–H groups in total. The Hall–Kier alpha value is -1.32. The van der Waals surface area contributed by atoms with E-state index in [1.54, 1.807) is 11.1 Å². The lowest BCUT2D eigenvalue weighted by atomic mass is 10.1. The van der Waals surface area contributed by atoms with Gasteiger partial charge in [0.15, 0.2) is 0 Å². The summed E-state index contributed by atoms with van der Waals surface area (Å²) in [6.07, 6.45) is 6.29. The molecule has 0 spiro atoms. The molecule has 3 rings (SSSR count). The highest BCUT2D eigenvalue weighted by Gasteiger charge is 2.28. The normalized spacial score (nSPS) is 13.8. The molecular weight excluding hydrogens is 420 g/mol. The van der Waals surface area contributed by atoms with E-state index in [1.165, 1.54) is 68.5 Å². The smallest absolute Gasteiger partial charge is 0.0803 e. The van der Waals surface area contributed by atoms with E-state index in [4.69, 9.17) is 0 Å². The lowest BCUT2D eigenvalue weighted by Gasteiger charge is -2.38. The van der Waals surface area contributed by atoms with Crippen LogP contribution in [-0.2, 0) is 12.8 Å². The number of nitrogens with zero attached hydrogens (tertiary/aromatic N) is 2. The van der Waals surface area contributed by atoms with Crippen molar-refractivity contribution >= 4 is 5.69 Å². The van der Waals surface area contributed by atoms with Crippen molar-refractivity contribution in [2.24, 2.45) is 0 Å². The summed E-state index contributed by atoms with van der Waals surface area (Å²) in [6.45, 7) is 13.4. The quantitative estimate of drug-likeness (QED) is 0.467. The van der Waals surface area contributed by atoms with E-state index in [9.17, 15) is 0 Å². The molecular formula is C26H39BrN2. The molecule has 0 aliphatic heterocycles. The Labute approximate surface area is 189 Å². The molecule has 0 aromatic heterocycles. The van der Waals surface area contributed by atoms with E-state index < -0.39 is 0 Å². The van der Waals surface area contributed by atoms with E-state index in [1.807, 2.05) is 0 Å². The Kier molecular flexibility index (Phi) is 9.71. The lowest BCUT2D eigenvalue weighted by molar-refractivity contribution is -0.925. The summed E-state index contributed by atoms with van der Waals surface area (Å²) in [5.41, 5.74) is 4.48. The zero-order valence-electron chi connectivity index (χ0n) is 18.6. The van der Waals surface area contributed by atoms with Gasteiger partial charge in [0.1, 0.15) is 0 Å². The van der Waals surface area contributed by atoms with Gasteiger partial charge in [0.2, 0.25) is 0 Å². The van der Waals surface area contributed by atoms with Crippen LogP contribution < -0.4 is 21.9 Å². The van der Waals surface area contributed by atoms with Gasteiger partial charge < -0.3 is 26.4 Å². The fraction of sp³-hybridized carbons (Fsp3) is 0.538. The van der Waals surface area contributed by atoms with Crippen LogP contribution in [0, 0.1) is 0 Å². The van der Waals surface area contributed by atoms with Crippen molar-refractivity contribution in [3.63, 3.8) is 0 Å². The van der Waals surface area contributed by atoms with Crippen LogP contribution in [0.15, 0.2) is 54.6 Å². The molecule has 0 fully saturated rings. The summed E-state index contributed by atoms with van der Waals surface area (Å²) in [5.74, 6) is 0. The number of halogens is 1. The summed E-state index contributed by atoms with van der Waals surface area (Å²) in [4.78, 5) is 2.69. The molecule has 3 heteroatoms. The topological polar surface area (TPSA) is 3.24 Å². The number of hydrogen-bond donors (Lipinski definition) is 0. The van der Waals surface area contributed by atoms with Gasteiger partial charge >= 0.3 is 0 Å². The Bertz CT molecular complexity index is 687. The second-order valence-electron chi connectivity index (χ2n) is 8.49. The average molecular weight is 460 g/mol. The van der Waals surface area contributed by atoms with E-state index in [-0.39, 0.29) is 17.0 Å². The van der Waals surface area contributed by atoms with Crippen molar-refractivity contribution in [2.75, 3.05) is 37.6 Å². The molecule has 0 bridgehead atoms. The van der Waals surface area contributed by atoms with Crippen LogP contribution in [0.1, 0.15) is 51.2 Å². The molecule has 160 valence electrons. The molecule has 1 aliphatic carbocycles. The number of rotatable bonds is 11. The zero-order chi connectivity index (χ0) is 19.8. The summed E-state index contributed by atoms with van der Waals surface area (Å²) in [5, 5.41) is 0. The van der Waals surface area contributed by atoms with Crippen molar-refractivity contribution in [1.82, 2.24) is 0 Å². The molecule has 1 aliphatic rings. The fourth-order valence-electron chi connectivity index (χ4n) is 4.94. The molecule has 0 unspecified atom stereocenters. The number of anilines is 1. The summed E-state index contributed by atoms with van der Waals surface area (Å²) in [7, 11) is 0. The van der Waals surface area contributed by atoms with Gasteiger partial charge in [-0.25, -0.2) is 0 Å². The van der Waals surface area contributed by atoms with Crippen LogP contribution >= 0.6 is 0 Å². The van der Waals surface area contributed by atoms with Gasteiger partial charge in [0.05, 0.1) is 26.2 Å². The molecule has 0 saturated carbocycles. The number of quaternary nitrogens is 1. The van der Waals surface area contributed by atoms with Gasteiger partial charge in [-0.05, 0) is 56.4 Å². The van der Waals surface area contributed by atoms with Gasteiger partial charge in [0.25, 0.3) is 0 Å². The Morgan fingerprint density at radius 1 is 0.793 bits per heavy atom. The van der Waals surface area contributed by atoms with E-state index in [0.717, 1.165) is 6.54 Å². The predicted molar refractivity (Wildman–Crippen MR) is 122 cm³/mol. The van der Waals surface area contributed by atoms with Gasteiger partial charge in [0, 0.05) is 24.7 Å². The van der Waals surface area contributed by atoms with Crippen LogP contribution in [0.25, 0.3) is 0 Å². The number of benzene rings is 2. The lowest BCUT2D eigenvalue weighted by Crippen LogP contribution is -3.00. The third-order valence-electron chi connectivity index (χ3n) is 6.92. The second kappa shape index (κ2) is 11.8. The molecule has 0 atom stereocenters. The van der Waals surface area contributed by atoms with Crippen LogP contribution in [-0.4, -0.2) is 43.2 Å². The van der Waals surface area contributed by atoms with Crippen LogP contribution in [0.2, 0.25) is 0 Å². The van der Waals surface area contributed by atoms with Gasteiger partial charge in [-0.2, -0.15) is 0 Å². The van der Waals surface area contributed by atoms with Crippen molar-refractivity contribution in [1.29, 1.82) is 0 Å². The Morgan fingerprint density at radius 3 is 1.90 bits per heavy atom. The monoisotopic (exact) mass is 458 g/mol. The van der Waals surface area contributed by atoms with Crippen molar-refractivity contribution in [2.45, 2.75) is 58.9 Å². The molecule has 2 nitrogen and oxygen atoms in total. The minimum atomic E-state index is 0. The summed E-state index contributed by atoms with van der Waals surface area (Å²) in [6, 6.07) is 20.7. The summed E-state index contributed by atoms with van der Waals surface area (Å²) < 4.78 is 1.28.